The Labute approximate surface area is 160 Å². The van der Waals surface area contributed by atoms with Gasteiger partial charge < -0.3 is 24.8 Å². The van der Waals surface area contributed by atoms with Crippen molar-refractivity contribution in [1.29, 1.82) is 0 Å². The zero-order valence-corrected chi connectivity index (χ0v) is 16.5. The Kier molecular flexibility index (Phi) is 6.43. The van der Waals surface area contributed by atoms with Crippen molar-refractivity contribution in [2.75, 3.05) is 11.6 Å². The Morgan fingerprint density at radius 2 is 2.12 bits per heavy atom. The van der Waals surface area contributed by atoms with Crippen LogP contribution in [0.4, 0.5) is 10.5 Å². The number of H-pyrrole nitrogens is 1. The average Bonchev–Trinajstić information content (AvgIpc) is 3.02. The fraction of sp³-hybridized carbons (Fsp3) is 0.375. The van der Waals surface area contributed by atoms with Crippen molar-refractivity contribution in [3.8, 4) is 0 Å². The molecule has 140 valence electrons. The van der Waals surface area contributed by atoms with Crippen molar-refractivity contribution in [2.24, 2.45) is 0 Å². The maximum absolute atomic E-state index is 12.4. The lowest BCUT2D eigenvalue weighted by molar-refractivity contribution is 0.0520. The first-order valence-electron chi connectivity index (χ1n) is 7.68. The Morgan fingerprint density at radius 3 is 2.77 bits per heavy atom. The van der Waals surface area contributed by atoms with Crippen LogP contribution < -0.4 is 10.6 Å². The zero-order chi connectivity index (χ0) is 19.3. The number of carbonyl (C=O) groups is 2. The summed E-state index contributed by atoms with van der Waals surface area (Å²) < 4.78 is 11.0. The van der Waals surface area contributed by atoms with Crippen LogP contribution in [0, 0.1) is 4.64 Å². The van der Waals surface area contributed by atoms with Gasteiger partial charge in [-0.05, 0) is 39.2 Å². The van der Waals surface area contributed by atoms with E-state index in [-0.39, 0.29) is 12.3 Å². The summed E-state index contributed by atoms with van der Waals surface area (Å²) in [5, 5.41) is 5.85. The summed E-state index contributed by atoms with van der Waals surface area (Å²) >= 11 is 6.54. The third-order valence-electron chi connectivity index (χ3n) is 2.94. The fourth-order valence-corrected chi connectivity index (χ4v) is 2.67. The largest absolute Gasteiger partial charge is 0.454 e. The molecule has 3 N–H and O–H groups in total. The number of hydrogen-bond acceptors (Lipinski definition) is 7. The second kappa shape index (κ2) is 8.37. The molecule has 2 aromatic heterocycles. The van der Waals surface area contributed by atoms with Crippen LogP contribution in [0.1, 0.15) is 37.1 Å². The molecule has 0 aliphatic carbocycles. The predicted molar refractivity (Wildman–Crippen MR) is 101 cm³/mol. The SMILES string of the molecule is CSc1nc[nH]c(=S)c1NC(=O)c1ccc(CNC(=O)OC(C)(C)C)o1. The van der Waals surface area contributed by atoms with Crippen LogP contribution in [0.25, 0.3) is 0 Å². The summed E-state index contributed by atoms with van der Waals surface area (Å²) in [6.45, 7) is 5.42. The number of hydrogen-bond donors (Lipinski definition) is 3. The second-order valence-corrected chi connectivity index (χ2v) is 7.39. The van der Waals surface area contributed by atoms with Crippen molar-refractivity contribution in [3.05, 3.63) is 34.6 Å². The van der Waals surface area contributed by atoms with E-state index in [1.165, 1.54) is 24.2 Å². The number of nitrogens with one attached hydrogen (secondary N) is 3. The first-order chi connectivity index (χ1) is 12.2. The normalized spacial score (nSPS) is 11.1. The molecule has 26 heavy (non-hydrogen) atoms. The minimum Gasteiger partial charge on any atom is -0.454 e. The smallest absolute Gasteiger partial charge is 0.408 e. The molecular weight excluding hydrogens is 376 g/mol. The van der Waals surface area contributed by atoms with Crippen molar-refractivity contribution >= 4 is 41.7 Å². The maximum atomic E-state index is 12.4. The lowest BCUT2D eigenvalue weighted by Gasteiger charge is -2.19. The van der Waals surface area contributed by atoms with Crippen molar-refractivity contribution in [3.63, 3.8) is 0 Å². The molecule has 0 saturated heterocycles. The molecule has 0 atom stereocenters. The number of carbonyl (C=O) groups excluding carboxylic acids is 2. The highest BCUT2D eigenvalue weighted by atomic mass is 32.2. The summed E-state index contributed by atoms with van der Waals surface area (Å²) in [7, 11) is 0. The molecule has 2 heterocycles. The Bertz CT molecular complexity index is 854. The monoisotopic (exact) mass is 396 g/mol. The summed E-state index contributed by atoms with van der Waals surface area (Å²) in [4.78, 5) is 30.9. The number of amides is 2. The van der Waals surface area contributed by atoms with Crippen LogP contribution in [-0.2, 0) is 11.3 Å². The van der Waals surface area contributed by atoms with Gasteiger partial charge in [-0.3, -0.25) is 4.79 Å². The van der Waals surface area contributed by atoms with E-state index in [1.807, 2.05) is 6.26 Å². The number of thioether (sulfide) groups is 1. The van der Waals surface area contributed by atoms with E-state index in [4.69, 9.17) is 21.4 Å². The highest BCUT2D eigenvalue weighted by molar-refractivity contribution is 7.98. The van der Waals surface area contributed by atoms with Crippen LogP contribution in [0.3, 0.4) is 0 Å². The van der Waals surface area contributed by atoms with E-state index in [0.717, 1.165) is 0 Å². The molecule has 0 aliphatic rings. The standard InChI is InChI=1S/C16H20N4O4S2/c1-16(2,3)24-15(22)17-7-9-5-6-10(23-9)12(21)20-11-13(25)18-8-19-14(11)26-4/h5-6,8H,7H2,1-4H3,(H,17,22)(H,20,21)(H,18,19,25). The molecule has 8 nitrogen and oxygen atoms in total. The molecule has 2 amide bonds. The average molecular weight is 396 g/mol. The number of nitrogens with zero attached hydrogens (tertiary/aromatic N) is 1. The molecule has 0 aliphatic heterocycles. The Morgan fingerprint density at radius 1 is 1.38 bits per heavy atom. The molecule has 0 aromatic carbocycles. The highest BCUT2D eigenvalue weighted by Crippen LogP contribution is 2.23. The first-order valence-corrected chi connectivity index (χ1v) is 9.31. The van der Waals surface area contributed by atoms with Crippen LogP contribution in [-0.4, -0.2) is 33.8 Å². The van der Waals surface area contributed by atoms with Gasteiger partial charge in [-0.15, -0.1) is 11.8 Å². The number of ether oxygens (including phenoxy) is 1. The van der Waals surface area contributed by atoms with Gasteiger partial charge in [0.05, 0.1) is 12.9 Å². The van der Waals surface area contributed by atoms with E-state index in [1.54, 1.807) is 26.8 Å². The van der Waals surface area contributed by atoms with E-state index >= 15 is 0 Å². The van der Waals surface area contributed by atoms with Gasteiger partial charge in [-0.2, -0.15) is 0 Å². The van der Waals surface area contributed by atoms with Crippen molar-refractivity contribution in [2.45, 2.75) is 37.9 Å². The molecule has 0 radical (unpaired) electrons. The summed E-state index contributed by atoms with van der Waals surface area (Å²) in [6.07, 6.45) is 2.74. The lowest BCUT2D eigenvalue weighted by atomic mass is 10.2. The number of aromatic nitrogens is 2. The van der Waals surface area contributed by atoms with Gasteiger partial charge in [0.1, 0.15) is 26.7 Å². The van der Waals surface area contributed by atoms with Crippen LogP contribution in [0.15, 0.2) is 27.9 Å². The molecule has 0 fully saturated rings. The lowest BCUT2D eigenvalue weighted by Crippen LogP contribution is -2.32. The molecule has 10 heteroatoms. The molecule has 0 saturated carbocycles. The zero-order valence-electron chi connectivity index (χ0n) is 14.8. The van der Waals surface area contributed by atoms with Crippen LogP contribution in [0.2, 0.25) is 0 Å². The topological polar surface area (TPSA) is 109 Å². The number of aromatic amines is 1. The van der Waals surface area contributed by atoms with Crippen molar-refractivity contribution < 1.29 is 18.7 Å². The van der Waals surface area contributed by atoms with Crippen LogP contribution in [0.5, 0.6) is 0 Å². The van der Waals surface area contributed by atoms with Crippen LogP contribution >= 0.6 is 24.0 Å². The molecule has 0 bridgehead atoms. The molecule has 0 unspecified atom stereocenters. The molecule has 2 aromatic rings. The fourth-order valence-electron chi connectivity index (χ4n) is 1.89. The molecular formula is C16H20N4O4S2. The minimum atomic E-state index is -0.587. The van der Waals surface area contributed by atoms with E-state index < -0.39 is 17.6 Å². The highest BCUT2D eigenvalue weighted by Gasteiger charge is 2.18. The summed E-state index contributed by atoms with van der Waals surface area (Å²) in [6, 6.07) is 3.12. The third kappa shape index (κ3) is 5.60. The van der Waals surface area contributed by atoms with Gasteiger partial charge in [0.15, 0.2) is 5.76 Å². The number of alkyl carbamates (subject to hydrolysis) is 1. The van der Waals surface area contributed by atoms with Gasteiger partial charge in [-0.1, -0.05) is 12.2 Å². The van der Waals surface area contributed by atoms with Gasteiger partial charge in [0.2, 0.25) is 0 Å². The Balaban J connectivity index is 2.00. The van der Waals surface area contributed by atoms with E-state index in [0.29, 0.717) is 21.1 Å². The minimum absolute atomic E-state index is 0.0938. The number of anilines is 1. The number of furan rings is 1. The van der Waals surface area contributed by atoms with Gasteiger partial charge in [-0.25, -0.2) is 9.78 Å². The first kappa shape index (κ1) is 20.0. The Hall–Kier alpha value is -2.33. The van der Waals surface area contributed by atoms with Gasteiger partial charge in [0, 0.05) is 0 Å². The molecule has 2 rings (SSSR count). The van der Waals surface area contributed by atoms with E-state index in [9.17, 15) is 9.59 Å². The predicted octanol–water partition coefficient (Wildman–Crippen LogP) is 3.73. The van der Waals surface area contributed by atoms with Gasteiger partial charge in [0.25, 0.3) is 5.91 Å². The number of rotatable bonds is 5. The molecule has 0 spiro atoms. The second-order valence-electron chi connectivity index (χ2n) is 6.19. The quantitative estimate of drug-likeness (QED) is 0.401. The summed E-state index contributed by atoms with van der Waals surface area (Å²) in [5.41, 5.74) is -0.166. The third-order valence-corrected chi connectivity index (χ3v) is 3.96. The summed E-state index contributed by atoms with van der Waals surface area (Å²) in [5.74, 6) is 0.0510. The van der Waals surface area contributed by atoms with E-state index in [2.05, 4.69) is 20.6 Å². The van der Waals surface area contributed by atoms with Gasteiger partial charge >= 0.3 is 6.09 Å². The maximum Gasteiger partial charge on any atom is 0.408 e. The van der Waals surface area contributed by atoms with Crippen molar-refractivity contribution in [1.82, 2.24) is 15.3 Å².